The molecular formula is C19H19NO6. The van der Waals surface area contributed by atoms with E-state index in [1.54, 1.807) is 32.0 Å². The first-order chi connectivity index (χ1) is 12.4. The first-order valence-electron chi connectivity index (χ1n) is 8.22. The van der Waals surface area contributed by atoms with Gasteiger partial charge >= 0.3 is 11.9 Å². The zero-order valence-electron chi connectivity index (χ0n) is 14.4. The molecule has 136 valence electrons. The van der Waals surface area contributed by atoms with E-state index >= 15 is 0 Å². The average Bonchev–Trinajstić information content (AvgIpc) is 2.89. The molecule has 2 atom stereocenters. The highest BCUT2D eigenvalue weighted by molar-refractivity contribution is 5.90. The van der Waals surface area contributed by atoms with Crippen molar-refractivity contribution < 1.29 is 29.3 Å². The molecule has 0 amide bonds. The summed E-state index contributed by atoms with van der Waals surface area (Å²) in [5.41, 5.74) is 1.07. The van der Waals surface area contributed by atoms with Crippen LogP contribution in [0, 0.1) is 0 Å². The quantitative estimate of drug-likeness (QED) is 0.558. The van der Waals surface area contributed by atoms with E-state index in [0.29, 0.717) is 17.0 Å². The lowest BCUT2D eigenvalue weighted by molar-refractivity contribution is -0.144. The number of hydrogen-bond acceptors (Lipinski definition) is 7. The van der Waals surface area contributed by atoms with Crippen molar-refractivity contribution in [3.05, 3.63) is 47.5 Å². The van der Waals surface area contributed by atoms with Gasteiger partial charge < -0.3 is 25.0 Å². The summed E-state index contributed by atoms with van der Waals surface area (Å²) < 4.78 is 10.4. The minimum atomic E-state index is -1.18. The molecule has 1 aliphatic rings. The van der Waals surface area contributed by atoms with Gasteiger partial charge in [0.25, 0.3) is 0 Å². The maximum absolute atomic E-state index is 12.5. The molecule has 1 aliphatic heterocycles. The number of hydrogen-bond donors (Lipinski definition) is 3. The number of nitrogens with one attached hydrogen (secondary N) is 1. The molecule has 0 aromatic heterocycles. The number of phenols is 2. The van der Waals surface area contributed by atoms with Crippen LogP contribution in [0.1, 0.15) is 36.9 Å². The van der Waals surface area contributed by atoms with Crippen molar-refractivity contribution in [1.29, 1.82) is 0 Å². The van der Waals surface area contributed by atoms with Crippen LogP contribution in [0.25, 0.3) is 0 Å². The van der Waals surface area contributed by atoms with Gasteiger partial charge in [-0.1, -0.05) is 18.2 Å². The lowest BCUT2D eigenvalue weighted by Gasteiger charge is -2.21. The highest BCUT2D eigenvalue weighted by Crippen LogP contribution is 2.43. The molecule has 0 saturated heterocycles. The maximum atomic E-state index is 12.5. The Bertz CT molecular complexity index is 843. The average molecular weight is 357 g/mol. The Kier molecular flexibility index (Phi) is 4.71. The molecule has 0 saturated carbocycles. The molecule has 0 bridgehead atoms. The lowest BCUT2D eigenvalue weighted by Crippen LogP contribution is -2.24. The number of benzene rings is 2. The van der Waals surface area contributed by atoms with E-state index in [2.05, 4.69) is 5.32 Å². The SMILES string of the molecule is CCOC(=O)C(Nc1cccc2c1OC(=O)C2C)c1c(O)cccc1O. The van der Waals surface area contributed by atoms with Crippen LogP contribution in [-0.2, 0) is 14.3 Å². The summed E-state index contributed by atoms with van der Waals surface area (Å²) in [5.74, 6) is -1.66. The maximum Gasteiger partial charge on any atom is 0.333 e. The summed E-state index contributed by atoms with van der Waals surface area (Å²) >= 11 is 0. The highest BCUT2D eigenvalue weighted by Gasteiger charge is 2.34. The van der Waals surface area contributed by atoms with Crippen LogP contribution in [0.2, 0.25) is 0 Å². The third-order valence-electron chi connectivity index (χ3n) is 4.24. The summed E-state index contributed by atoms with van der Waals surface area (Å²) in [4.78, 5) is 24.3. The van der Waals surface area contributed by atoms with Gasteiger partial charge in [0, 0.05) is 5.56 Å². The molecule has 0 spiro atoms. The van der Waals surface area contributed by atoms with E-state index in [1.165, 1.54) is 18.2 Å². The standard InChI is InChI=1S/C19H19NO6/c1-3-25-19(24)16(15-13(21)8-5-9-14(15)22)20-12-7-4-6-11-10(2)18(23)26-17(11)12/h4-10,16,20-22H,3H2,1-2H3. The van der Waals surface area contributed by atoms with Gasteiger partial charge in [-0.3, -0.25) is 4.79 Å². The van der Waals surface area contributed by atoms with Crippen molar-refractivity contribution in [2.75, 3.05) is 11.9 Å². The number of rotatable bonds is 5. The van der Waals surface area contributed by atoms with Crippen molar-refractivity contribution in [3.8, 4) is 17.2 Å². The van der Waals surface area contributed by atoms with Gasteiger partial charge in [0.2, 0.25) is 0 Å². The van der Waals surface area contributed by atoms with Crippen LogP contribution < -0.4 is 10.1 Å². The molecule has 3 rings (SSSR count). The van der Waals surface area contributed by atoms with Gasteiger partial charge in [0.15, 0.2) is 11.8 Å². The normalized spacial score (nSPS) is 16.5. The van der Waals surface area contributed by atoms with Crippen molar-refractivity contribution in [2.24, 2.45) is 0 Å². The van der Waals surface area contributed by atoms with E-state index in [0.717, 1.165) is 0 Å². The number of phenolic OH excluding ortho intramolecular Hbond substituents is 2. The zero-order valence-corrected chi connectivity index (χ0v) is 14.4. The van der Waals surface area contributed by atoms with Crippen molar-refractivity contribution in [3.63, 3.8) is 0 Å². The second kappa shape index (κ2) is 6.95. The van der Waals surface area contributed by atoms with Crippen LogP contribution in [-0.4, -0.2) is 28.8 Å². The molecule has 26 heavy (non-hydrogen) atoms. The Morgan fingerprint density at radius 1 is 1.23 bits per heavy atom. The van der Waals surface area contributed by atoms with Gasteiger partial charge in [0.05, 0.1) is 23.8 Å². The number of aromatic hydroxyl groups is 2. The van der Waals surface area contributed by atoms with Gasteiger partial charge in [-0.15, -0.1) is 0 Å². The van der Waals surface area contributed by atoms with Gasteiger partial charge in [0.1, 0.15) is 11.5 Å². The predicted molar refractivity (Wildman–Crippen MR) is 93.3 cm³/mol. The minimum absolute atomic E-state index is 0.0130. The van der Waals surface area contributed by atoms with Gasteiger partial charge in [-0.05, 0) is 32.0 Å². The van der Waals surface area contributed by atoms with Gasteiger partial charge in [-0.2, -0.15) is 0 Å². The summed E-state index contributed by atoms with van der Waals surface area (Å²) in [6.45, 7) is 3.52. The van der Waals surface area contributed by atoms with Crippen LogP contribution in [0.3, 0.4) is 0 Å². The smallest absolute Gasteiger partial charge is 0.333 e. The molecule has 7 heteroatoms. The van der Waals surface area contributed by atoms with Crippen LogP contribution in [0.15, 0.2) is 36.4 Å². The molecule has 3 N–H and O–H groups in total. The first-order valence-corrected chi connectivity index (χ1v) is 8.22. The summed E-state index contributed by atoms with van der Waals surface area (Å²) in [6, 6.07) is 8.14. The fraction of sp³-hybridized carbons (Fsp3) is 0.263. The molecule has 0 aliphatic carbocycles. The molecule has 0 radical (unpaired) electrons. The van der Waals surface area contributed by atoms with E-state index in [-0.39, 0.29) is 29.6 Å². The number of ether oxygens (including phenoxy) is 2. The number of carbonyl (C=O) groups excluding carboxylic acids is 2. The highest BCUT2D eigenvalue weighted by atomic mass is 16.5. The van der Waals surface area contributed by atoms with E-state index < -0.39 is 17.9 Å². The molecule has 2 aromatic carbocycles. The first kappa shape index (κ1) is 17.6. The van der Waals surface area contributed by atoms with Crippen LogP contribution in [0.5, 0.6) is 17.2 Å². The Morgan fingerprint density at radius 3 is 2.54 bits per heavy atom. The predicted octanol–water partition coefficient (Wildman–Crippen LogP) is 2.84. The fourth-order valence-electron chi connectivity index (χ4n) is 2.91. The second-order valence-electron chi connectivity index (χ2n) is 5.91. The number of carbonyl (C=O) groups is 2. The third-order valence-corrected chi connectivity index (χ3v) is 4.24. The Hall–Kier alpha value is -3.22. The fourth-order valence-corrected chi connectivity index (χ4v) is 2.91. The monoisotopic (exact) mass is 357 g/mol. The van der Waals surface area contributed by atoms with Crippen molar-refractivity contribution in [2.45, 2.75) is 25.8 Å². The molecule has 0 fully saturated rings. The summed E-state index contributed by atoms with van der Waals surface area (Å²) in [5, 5.41) is 23.2. The minimum Gasteiger partial charge on any atom is -0.507 e. The lowest BCUT2D eigenvalue weighted by atomic mass is 10.0. The van der Waals surface area contributed by atoms with Crippen molar-refractivity contribution >= 4 is 17.6 Å². The second-order valence-corrected chi connectivity index (χ2v) is 5.91. The molecule has 2 unspecified atom stereocenters. The molecular weight excluding hydrogens is 338 g/mol. The van der Waals surface area contributed by atoms with Crippen LogP contribution >= 0.6 is 0 Å². The Morgan fingerprint density at radius 2 is 1.88 bits per heavy atom. The number of anilines is 1. The van der Waals surface area contributed by atoms with Crippen LogP contribution in [0.4, 0.5) is 5.69 Å². The summed E-state index contributed by atoms with van der Waals surface area (Å²) in [6.07, 6.45) is 0. The molecule has 7 nitrogen and oxygen atoms in total. The Balaban J connectivity index is 2.04. The number of para-hydroxylation sites is 1. The Labute approximate surface area is 150 Å². The number of fused-ring (bicyclic) bond motifs is 1. The topological polar surface area (TPSA) is 105 Å². The number of esters is 2. The summed E-state index contributed by atoms with van der Waals surface area (Å²) in [7, 11) is 0. The van der Waals surface area contributed by atoms with Crippen molar-refractivity contribution in [1.82, 2.24) is 0 Å². The largest absolute Gasteiger partial charge is 0.507 e. The molecule has 1 heterocycles. The zero-order chi connectivity index (χ0) is 18.8. The van der Waals surface area contributed by atoms with E-state index in [9.17, 15) is 19.8 Å². The molecule has 2 aromatic rings. The van der Waals surface area contributed by atoms with E-state index in [1.807, 2.05) is 0 Å². The van der Waals surface area contributed by atoms with E-state index in [4.69, 9.17) is 9.47 Å². The third kappa shape index (κ3) is 3.03. The van der Waals surface area contributed by atoms with Gasteiger partial charge in [-0.25, -0.2) is 4.79 Å².